The number of carbonyl (C=O) groups excluding carboxylic acids is 3. The lowest BCUT2D eigenvalue weighted by molar-refractivity contribution is -0.148. The second-order valence-electron chi connectivity index (χ2n) is 8.15. The van der Waals surface area contributed by atoms with Crippen molar-refractivity contribution in [2.75, 3.05) is 6.54 Å². The summed E-state index contributed by atoms with van der Waals surface area (Å²) in [6.45, 7) is 5.05. The van der Waals surface area contributed by atoms with Gasteiger partial charge in [0.2, 0.25) is 17.7 Å². The summed E-state index contributed by atoms with van der Waals surface area (Å²) in [7, 11) is 0. The molecule has 0 saturated carbocycles. The minimum Gasteiger partial charge on any atom is -0.481 e. The van der Waals surface area contributed by atoms with Crippen LogP contribution in [0.1, 0.15) is 46.5 Å². The molecule has 0 spiro atoms. The fourth-order valence-corrected chi connectivity index (χ4v) is 3.41. The molecule has 1 aliphatic heterocycles. The number of aliphatic hydroxyl groups is 1. The van der Waals surface area contributed by atoms with Crippen molar-refractivity contribution in [3.63, 3.8) is 0 Å². The molecule has 0 aliphatic carbocycles. The van der Waals surface area contributed by atoms with Gasteiger partial charge in [0.05, 0.1) is 18.6 Å². The summed E-state index contributed by atoms with van der Waals surface area (Å²) in [6.07, 6.45) is -1.07. The first-order valence-corrected chi connectivity index (χ1v) is 10.1. The van der Waals surface area contributed by atoms with Crippen molar-refractivity contribution >= 4 is 29.7 Å². The first kappa shape index (κ1) is 26.3. The number of aliphatic carboxylic acids is 2. The molecule has 1 rings (SSSR count). The molecule has 176 valence electrons. The zero-order valence-electron chi connectivity index (χ0n) is 17.9. The maximum absolute atomic E-state index is 13.0. The van der Waals surface area contributed by atoms with Crippen LogP contribution >= 0.6 is 0 Å². The van der Waals surface area contributed by atoms with Crippen LogP contribution in [0.3, 0.4) is 0 Å². The Morgan fingerprint density at radius 3 is 2.19 bits per heavy atom. The van der Waals surface area contributed by atoms with Crippen molar-refractivity contribution in [2.24, 2.45) is 11.7 Å². The summed E-state index contributed by atoms with van der Waals surface area (Å²) < 4.78 is 0. The number of nitrogens with zero attached hydrogens (tertiary/aromatic N) is 1. The number of hydrogen-bond acceptors (Lipinski definition) is 7. The molecular formula is C19H32N4O8. The summed E-state index contributed by atoms with van der Waals surface area (Å²) in [4.78, 5) is 61.5. The van der Waals surface area contributed by atoms with Gasteiger partial charge in [-0.1, -0.05) is 13.8 Å². The molecule has 1 heterocycles. The van der Waals surface area contributed by atoms with Gasteiger partial charge in [-0.05, 0) is 32.1 Å². The minimum absolute atomic E-state index is 0.108. The summed E-state index contributed by atoms with van der Waals surface area (Å²) in [5.74, 6) is -4.87. The number of likely N-dealkylation sites (tertiary alicyclic amines) is 1. The van der Waals surface area contributed by atoms with Crippen molar-refractivity contribution in [1.82, 2.24) is 15.5 Å². The molecule has 3 amide bonds. The van der Waals surface area contributed by atoms with E-state index in [0.29, 0.717) is 12.8 Å². The van der Waals surface area contributed by atoms with Crippen molar-refractivity contribution in [3.05, 3.63) is 0 Å². The molecular weight excluding hydrogens is 412 g/mol. The van der Waals surface area contributed by atoms with Crippen LogP contribution in [0.4, 0.5) is 0 Å². The van der Waals surface area contributed by atoms with Crippen LogP contribution in [-0.4, -0.2) is 86.7 Å². The van der Waals surface area contributed by atoms with E-state index in [9.17, 15) is 29.1 Å². The molecule has 7 N–H and O–H groups in total. The van der Waals surface area contributed by atoms with E-state index < -0.39 is 66.4 Å². The Labute approximate surface area is 180 Å². The number of hydrogen-bond donors (Lipinski definition) is 6. The van der Waals surface area contributed by atoms with Crippen molar-refractivity contribution in [1.29, 1.82) is 0 Å². The van der Waals surface area contributed by atoms with E-state index in [0.717, 1.165) is 4.90 Å². The van der Waals surface area contributed by atoms with Crippen LogP contribution < -0.4 is 16.4 Å². The smallest absolute Gasteiger partial charge is 0.328 e. The lowest BCUT2D eigenvalue weighted by Crippen LogP contribution is -2.58. The van der Waals surface area contributed by atoms with Gasteiger partial charge in [0.1, 0.15) is 12.1 Å². The Bertz CT molecular complexity index is 696. The highest BCUT2D eigenvalue weighted by atomic mass is 16.4. The Balaban J connectivity index is 2.96. The molecule has 0 aromatic carbocycles. The van der Waals surface area contributed by atoms with E-state index in [1.165, 1.54) is 6.92 Å². The predicted molar refractivity (Wildman–Crippen MR) is 108 cm³/mol. The maximum Gasteiger partial charge on any atom is 0.328 e. The van der Waals surface area contributed by atoms with Gasteiger partial charge >= 0.3 is 11.9 Å². The first-order valence-electron chi connectivity index (χ1n) is 10.1. The number of carbonyl (C=O) groups is 5. The predicted octanol–water partition coefficient (Wildman–Crippen LogP) is -1.74. The number of aliphatic hydroxyl groups excluding tert-OH is 1. The number of rotatable bonds is 11. The molecule has 1 saturated heterocycles. The lowest BCUT2D eigenvalue weighted by atomic mass is 10.0. The van der Waals surface area contributed by atoms with E-state index >= 15 is 0 Å². The van der Waals surface area contributed by atoms with E-state index in [-0.39, 0.29) is 18.9 Å². The van der Waals surface area contributed by atoms with Crippen LogP contribution in [0.15, 0.2) is 0 Å². The van der Waals surface area contributed by atoms with Crippen LogP contribution in [-0.2, 0) is 24.0 Å². The molecule has 0 aromatic heterocycles. The molecule has 1 fully saturated rings. The number of nitrogens with two attached hydrogens (primary N) is 1. The van der Waals surface area contributed by atoms with Crippen LogP contribution in [0.2, 0.25) is 0 Å². The SMILES string of the molecule is CC(C)CC(N)C(=O)NC(CC(=O)O)C(=O)N1CCCC1C(=O)NC(C(=O)O)C(C)O. The van der Waals surface area contributed by atoms with Gasteiger partial charge in [-0.25, -0.2) is 4.79 Å². The highest BCUT2D eigenvalue weighted by Gasteiger charge is 2.40. The van der Waals surface area contributed by atoms with Gasteiger partial charge in [-0.2, -0.15) is 0 Å². The molecule has 5 atom stereocenters. The zero-order valence-corrected chi connectivity index (χ0v) is 17.9. The molecule has 0 radical (unpaired) electrons. The van der Waals surface area contributed by atoms with Crippen LogP contribution in [0, 0.1) is 5.92 Å². The first-order chi connectivity index (χ1) is 14.3. The maximum atomic E-state index is 13.0. The average molecular weight is 444 g/mol. The Morgan fingerprint density at radius 2 is 1.71 bits per heavy atom. The third-order valence-corrected chi connectivity index (χ3v) is 4.94. The van der Waals surface area contributed by atoms with Crippen molar-refractivity contribution in [2.45, 2.75) is 76.7 Å². The summed E-state index contributed by atoms with van der Waals surface area (Å²) >= 11 is 0. The average Bonchev–Trinajstić information content (AvgIpc) is 3.13. The number of amides is 3. The second kappa shape index (κ2) is 11.6. The van der Waals surface area contributed by atoms with Gasteiger partial charge in [-0.15, -0.1) is 0 Å². The van der Waals surface area contributed by atoms with Gasteiger partial charge in [0.25, 0.3) is 0 Å². The number of nitrogens with one attached hydrogen (secondary N) is 2. The molecule has 0 bridgehead atoms. The van der Waals surface area contributed by atoms with Crippen molar-refractivity contribution in [3.8, 4) is 0 Å². The fourth-order valence-electron chi connectivity index (χ4n) is 3.41. The fraction of sp³-hybridized carbons (Fsp3) is 0.737. The Kier molecular flexibility index (Phi) is 9.85. The molecule has 0 aromatic rings. The second-order valence-corrected chi connectivity index (χ2v) is 8.15. The third kappa shape index (κ3) is 7.79. The molecule has 12 nitrogen and oxygen atoms in total. The van der Waals surface area contributed by atoms with Gasteiger partial charge < -0.3 is 36.6 Å². The van der Waals surface area contributed by atoms with E-state index in [2.05, 4.69) is 10.6 Å². The normalized spacial score (nSPS) is 19.9. The minimum atomic E-state index is -1.56. The monoisotopic (exact) mass is 444 g/mol. The molecule has 12 heteroatoms. The van der Waals surface area contributed by atoms with Gasteiger partial charge in [0.15, 0.2) is 6.04 Å². The molecule has 5 unspecified atom stereocenters. The standard InChI is InChI=1S/C19H32N4O8/c1-9(2)7-11(20)16(27)21-12(8-14(25)26)18(29)23-6-4-5-13(23)17(28)22-15(10(3)24)19(30)31/h9-13,15,24H,4-8,20H2,1-3H3,(H,21,27)(H,22,28)(H,25,26)(H,30,31). The molecule has 1 aliphatic rings. The highest BCUT2D eigenvalue weighted by Crippen LogP contribution is 2.20. The van der Waals surface area contributed by atoms with E-state index in [4.69, 9.17) is 15.9 Å². The molecule has 31 heavy (non-hydrogen) atoms. The van der Waals surface area contributed by atoms with Crippen LogP contribution in [0.25, 0.3) is 0 Å². The largest absolute Gasteiger partial charge is 0.481 e. The number of carboxylic acids is 2. The van der Waals surface area contributed by atoms with E-state index in [1.54, 1.807) is 0 Å². The van der Waals surface area contributed by atoms with Gasteiger partial charge in [0, 0.05) is 6.54 Å². The Morgan fingerprint density at radius 1 is 1.10 bits per heavy atom. The van der Waals surface area contributed by atoms with E-state index in [1.807, 2.05) is 13.8 Å². The third-order valence-electron chi connectivity index (χ3n) is 4.94. The quantitative estimate of drug-likeness (QED) is 0.214. The summed E-state index contributed by atoms with van der Waals surface area (Å²) in [6, 6.07) is -4.97. The highest BCUT2D eigenvalue weighted by molar-refractivity contribution is 5.96. The van der Waals surface area contributed by atoms with Crippen LogP contribution in [0.5, 0.6) is 0 Å². The lowest BCUT2D eigenvalue weighted by Gasteiger charge is -2.29. The number of carboxylic acid groups (broad SMARTS) is 2. The zero-order chi connectivity index (χ0) is 23.9. The summed E-state index contributed by atoms with van der Waals surface area (Å²) in [5, 5.41) is 32.4. The van der Waals surface area contributed by atoms with Crippen molar-refractivity contribution < 1.29 is 39.3 Å². The summed E-state index contributed by atoms with van der Waals surface area (Å²) in [5.41, 5.74) is 5.81. The topological polar surface area (TPSA) is 199 Å². The van der Waals surface area contributed by atoms with Gasteiger partial charge in [-0.3, -0.25) is 19.2 Å². The Hall–Kier alpha value is -2.73.